The molecule has 0 bridgehead atoms. The van der Waals surface area contributed by atoms with Crippen LogP contribution < -0.4 is 14.9 Å². The maximum Gasteiger partial charge on any atom is 0.417 e. The lowest BCUT2D eigenvalue weighted by atomic mass is 10.1. The topological polar surface area (TPSA) is 98.9 Å². The first-order valence-corrected chi connectivity index (χ1v) is 7.47. The van der Waals surface area contributed by atoms with Gasteiger partial charge in [-0.3, -0.25) is 15.5 Å². The Kier molecular flexibility index (Phi) is 6.05. The van der Waals surface area contributed by atoms with Crippen molar-refractivity contribution in [1.29, 1.82) is 0 Å². The van der Waals surface area contributed by atoms with E-state index < -0.39 is 16.7 Å². The van der Waals surface area contributed by atoms with Crippen LogP contribution >= 0.6 is 11.6 Å². The summed E-state index contributed by atoms with van der Waals surface area (Å²) in [7, 11) is 2.68. The average molecular weight is 405 g/mol. The van der Waals surface area contributed by atoms with Crippen molar-refractivity contribution < 1.29 is 27.6 Å². The highest BCUT2D eigenvalue weighted by molar-refractivity contribution is 6.32. The minimum atomic E-state index is -4.58. The zero-order valence-electron chi connectivity index (χ0n) is 13.9. The summed E-state index contributed by atoms with van der Waals surface area (Å²) in [5, 5.41) is 14.6. The molecule has 1 aromatic heterocycles. The number of anilines is 1. The van der Waals surface area contributed by atoms with E-state index in [1.165, 1.54) is 20.3 Å². The molecule has 0 saturated heterocycles. The number of alkyl halides is 3. The van der Waals surface area contributed by atoms with Crippen LogP contribution in [0.3, 0.4) is 0 Å². The second kappa shape index (κ2) is 8.08. The maximum absolute atomic E-state index is 12.6. The minimum absolute atomic E-state index is 0.0631. The summed E-state index contributed by atoms with van der Waals surface area (Å²) in [5.74, 6) is 0.237. The van der Waals surface area contributed by atoms with Crippen LogP contribution in [0.25, 0.3) is 0 Å². The van der Waals surface area contributed by atoms with Gasteiger partial charge in [-0.2, -0.15) is 18.3 Å². The molecular weight excluding hydrogens is 393 g/mol. The predicted octanol–water partition coefficient (Wildman–Crippen LogP) is 4.13. The van der Waals surface area contributed by atoms with E-state index in [0.717, 1.165) is 12.3 Å². The third-order valence-corrected chi connectivity index (χ3v) is 3.56. The van der Waals surface area contributed by atoms with Gasteiger partial charge in [0.1, 0.15) is 0 Å². The zero-order valence-corrected chi connectivity index (χ0v) is 14.6. The van der Waals surface area contributed by atoms with Crippen LogP contribution in [0.4, 0.5) is 24.7 Å². The number of hydrogen-bond acceptors (Lipinski definition) is 7. The number of hydrazone groups is 1. The van der Waals surface area contributed by atoms with Gasteiger partial charge in [0.15, 0.2) is 17.3 Å². The van der Waals surface area contributed by atoms with Gasteiger partial charge in [-0.1, -0.05) is 11.6 Å². The van der Waals surface area contributed by atoms with Crippen molar-refractivity contribution in [3.8, 4) is 11.5 Å². The van der Waals surface area contributed by atoms with Crippen molar-refractivity contribution in [3.05, 3.63) is 50.7 Å². The Hall–Kier alpha value is -3.08. The van der Waals surface area contributed by atoms with Crippen LogP contribution in [0, 0.1) is 10.1 Å². The molecule has 0 aliphatic rings. The monoisotopic (exact) mass is 404 g/mol. The first-order chi connectivity index (χ1) is 12.7. The molecule has 0 amide bonds. The van der Waals surface area contributed by atoms with Gasteiger partial charge in [0.05, 0.1) is 47.6 Å². The third kappa shape index (κ3) is 4.76. The number of nitrogens with one attached hydrogen (secondary N) is 1. The molecule has 27 heavy (non-hydrogen) atoms. The fraction of sp³-hybridized carbons (Fsp3) is 0.200. The molecule has 0 radical (unpaired) electrons. The summed E-state index contributed by atoms with van der Waals surface area (Å²) in [6, 6.07) is 3.17. The number of pyridine rings is 1. The molecule has 0 saturated carbocycles. The molecule has 2 aromatic rings. The van der Waals surface area contributed by atoms with Gasteiger partial charge in [-0.05, 0) is 12.1 Å². The quantitative estimate of drug-likeness (QED) is 0.441. The number of aromatic nitrogens is 1. The predicted molar refractivity (Wildman–Crippen MR) is 91.7 cm³/mol. The molecule has 0 spiro atoms. The fourth-order valence-electron chi connectivity index (χ4n) is 1.98. The standard InChI is InChI=1S/C15H12ClF3N4O4/c1-26-12-3-8(11(23(24)25)5-13(12)27-2)6-21-22-14-10(16)4-9(7-20-14)15(17,18)19/h3-7H,1-2H3,(H,20,22)/b21-6-. The molecule has 144 valence electrons. The van der Waals surface area contributed by atoms with E-state index in [0.29, 0.717) is 12.3 Å². The summed E-state index contributed by atoms with van der Waals surface area (Å²) >= 11 is 5.74. The Morgan fingerprint density at radius 3 is 2.41 bits per heavy atom. The molecule has 1 heterocycles. The van der Waals surface area contributed by atoms with Crippen molar-refractivity contribution in [1.82, 2.24) is 4.98 Å². The SMILES string of the molecule is COc1cc(/C=N\Nc2ncc(C(F)(F)F)cc2Cl)c([N+](=O)[O-])cc1OC. The highest BCUT2D eigenvalue weighted by atomic mass is 35.5. The molecule has 8 nitrogen and oxygen atoms in total. The fourth-order valence-corrected chi connectivity index (χ4v) is 2.19. The smallest absolute Gasteiger partial charge is 0.417 e. The molecule has 1 N–H and O–H groups in total. The largest absolute Gasteiger partial charge is 0.493 e. The molecule has 0 unspecified atom stereocenters. The number of hydrogen-bond donors (Lipinski definition) is 1. The molecule has 12 heteroatoms. The summed E-state index contributed by atoms with van der Waals surface area (Å²) in [4.78, 5) is 14.1. The average Bonchev–Trinajstić information content (AvgIpc) is 2.61. The van der Waals surface area contributed by atoms with Gasteiger partial charge in [0.2, 0.25) is 0 Å². The van der Waals surface area contributed by atoms with Gasteiger partial charge in [-0.15, -0.1) is 0 Å². The number of benzene rings is 1. The normalized spacial score (nSPS) is 11.5. The van der Waals surface area contributed by atoms with Crippen LogP contribution in [0.15, 0.2) is 29.5 Å². The van der Waals surface area contributed by atoms with Crippen LogP contribution in [0.5, 0.6) is 11.5 Å². The Labute approximate surface area is 155 Å². The van der Waals surface area contributed by atoms with Crippen LogP contribution in [0.1, 0.15) is 11.1 Å². The van der Waals surface area contributed by atoms with E-state index >= 15 is 0 Å². The Bertz CT molecular complexity index is 890. The van der Waals surface area contributed by atoms with Crippen molar-refractivity contribution >= 4 is 29.3 Å². The number of rotatable bonds is 6. The van der Waals surface area contributed by atoms with Gasteiger partial charge >= 0.3 is 6.18 Å². The number of methoxy groups -OCH3 is 2. The van der Waals surface area contributed by atoms with Gasteiger partial charge < -0.3 is 9.47 Å². The number of nitro groups is 1. The highest BCUT2D eigenvalue weighted by Gasteiger charge is 2.31. The molecule has 0 aliphatic heterocycles. The lowest BCUT2D eigenvalue weighted by molar-refractivity contribution is -0.385. The first kappa shape index (κ1) is 20.2. The Morgan fingerprint density at radius 2 is 1.89 bits per heavy atom. The number of halogens is 4. The molecule has 0 atom stereocenters. The van der Waals surface area contributed by atoms with E-state index in [4.69, 9.17) is 21.1 Å². The van der Waals surface area contributed by atoms with Crippen molar-refractivity contribution in [2.75, 3.05) is 19.6 Å². The lowest BCUT2D eigenvalue weighted by Crippen LogP contribution is -2.06. The summed E-state index contributed by atoms with van der Waals surface area (Å²) in [6.45, 7) is 0. The van der Waals surface area contributed by atoms with E-state index in [2.05, 4.69) is 15.5 Å². The summed E-state index contributed by atoms with van der Waals surface area (Å²) < 4.78 is 47.8. The lowest BCUT2D eigenvalue weighted by Gasteiger charge is -2.09. The van der Waals surface area contributed by atoms with E-state index in [1.54, 1.807) is 0 Å². The Balaban J connectivity index is 2.29. The Morgan fingerprint density at radius 1 is 1.26 bits per heavy atom. The van der Waals surface area contributed by atoms with Gasteiger partial charge in [-0.25, -0.2) is 4.98 Å². The third-order valence-electron chi connectivity index (χ3n) is 3.27. The van der Waals surface area contributed by atoms with Crippen molar-refractivity contribution in [3.63, 3.8) is 0 Å². The second-order valence-corrected chi connectivity index (χ2v) is 5.35. The van der Waals surface area contributed by atoms with Gasteiger partial charge in [0.25, 0.3) is 5.69 Å². The minimum Gasteiger partial charge on any atom is -0.493 e. The number of ether oxygens (including phenoxy) is 2. The maximum atomic E-state index is 12.6. The molecule has 0 fully saturated rings. The van der Waals surface area contributed by atoms with E-state index in [1.807, 2.05) is 0 Å². The zero-order chi connectivity index (χ0) is 20.2. The van der Waals surface area contributed by atoms with Gasteiger partial charge in [0, 0.05) is 6.20 Å². The molecule has 0 aliphatic carbocycles. The second-order valence-electron chi connectivity index (χ2n) is 4.95. The van der Waals surface area contributed by atoms with E-state index in [9.17, 15) is 23.3 Å². The van der Waals surface area contributed by atoms with Crippen LogP contribution in [-0.2, 0) is 6.18 Å². The first-order valence-electron chi connectivity index (χ1n) is 7.09. The number of nitrogens with zero attached hydrogens (tertiary/aromatic N) is 3. The molecular formula is C15H12ClF3N4O4. The summed E-state index contributed by atoms with van der Waals surface area (Å²) in [6.07, 6.45) is -2.92. The van der Waals surface area contributed by atoms with Crippen LogP contribution in [0.2, 0.25) is 5.02 Å². The van der Waals surface area contributed by atoms with E-state index in [-0.39, 0.29) is 33.6 Å². The number of nitro benzene ring substituents is 1. The molecule has 1 aromatic carbocycles. The molecule has 2 rings (SSSR count). The highest BCUT2D eigenvalue weighted by Crippen LogP contribution is 2.34. The van der Waals surface area contributed by atoms with Crippen molar-refractivity contribution in [2.45, 2.75) is 6.18 Å². The van der Waals surface area contributed by atoms with Crippen LogP contribution in [-0.4, -0.2) is 30.3 Å². The summed E-state index contributed by atoms with van der Waals surface area (Å²) in [5.41, 5.74) is 1.07. The van der Waals surface area contributed by atoms with Crippen molar-refractivity contribution in [2.24, 2.45) is 5.10 Å².